The molecule has 120 valence electrons. The Morgan fingerprint density at radius 1 is 1.09 bits per heavy atom. The summed E-state index contributed by atoms with van der Waals surface area (Å²) in [4.78, 5) is 14.6. The lowest BCUT2D eigenvalue weighted by molar-refractivity contribution is 0.0919. The molecule has 2 aromatic carbocycles. The molecule has 0 saturated carbocycles. The molecule has 3 nitrogen and oxygen atoms in total. The van der Waals surface area contributed by atoms with Gasteiger partial charge in [-0.25, -0.2) is 0 Å². The van der Waals surface area contributed by atoms with Gasteiger partial charge in [-0.2, -0.15) is 0 Å². The molecule has 2 aromatic rings. The Hall–Kier alpha value is -2.29. The van der Waals surface area contributed by atoms with Crippen molar-refractivity contribution in [3.63, 3.8) is 0 Å². The highest BCUT2D eigenvalue weighted by Gasteiger charge is 2.19. The van der Waals surface area contributed by atoms with Gasteiger partial charge in [0.05, 0.1) is 0 Å². The molecule has 0 radical (unpaired) electrons. The third-order valence-electron chi connectivity index (χ3n) is 4.06. The molecule has 1 aliphatic heterocycles. The number of para-hydroxylation sites is 1. The number of rotatable bonds is 3. The Bertz CT molecular complexity index is 698. The van der Waals surface area contributed by atoms with Crippen LogP contribution >= 0.6 is 0 Å². The van der Waals surface area contributed by atoms with Gasteiger partial charge in [0.15, 0.2) is 0 Å². The lowest BCUT2D eigenvalue weighted by Crippen LogP contribution is -2.40. The number of hydrogen-bond donors (Lipinski definition) is 1. The molecular weight excluding hydrogens is 284 g/mol. The molecule has 3 heteroatoms. The first-order valence-electron chi connectivity index (χ1n) is 8.17. The summed E-state index contributed by atoms with van der Waals surface area (Å²) in [6.07, 6.45) is 1.11. The van der Waals surface area contributed by atoms with E-state index in [9.17, 15) is 4.79 Å². The Kier molecular flexibility index (Phi) is 4.12. The number of fused-ring (bicyclic) bond motifs is 1. The van der Waals surface area contributed by atoms with Gasteiger partial charge in [0.1, 0.15) is 0 Å². The molecule has 0 unspecified atom stereocenters. The molecule has 3 rings (SSSR count). The van der Waals surface area contributed by atoms with E-state index in [0.29, 0.717) is 5.56 Å². The van der Waals surface area contributed by atoms with Crippen molar-refractivity contribution < 1.29 is 4.79 Å². The minimum absolute atomic E-state index is 0.0180. The zero-order valence-corrected chi connectivity index (χ0v) is 14.1. The van der Waals surface area contributed by atoms with Crippen molar-refractivity contribution in [2.45, 2.75) is 39.3 Å². The summed E-state index contributed by atoms with van der Waals surface area (Å²) >= 11 is 0. The first kappa shape index (κ1) is 15.6. The van der Waals surface area contributed by atoms with Crippen LogP contribution in [0.4, 0.5) is 5.69 Å². The Morgan fingerprint density at radius 2 is 1.78 bits per heavy atom. The summed E-state index contributed by atoms with van der Waals surface area (Å²) in [6.45, 7) is 7.92. The van der Waals surface area contributed by atoms with E-state index in [-0.39, 0.29) is 11.4 Å². The maximum atomic E-state index is 12.2. The van der Waals surface area contributed by atoms with E-state index >= 15 is 0 Å². The molecule has 1 aliphatic rings. The number of carbonyl (C=O) groups excluding carboxylic acids is 1. The van der Waals surface area contributed by atoms with Crippen molar-refractivity contribution in [3.8, 4) is 0 Å². The van der Waals surface area contributed by atoms with Crippen LogP contribution in [0.3, 0.4) is 0 Å². The maximum Gasteiger partial charge on any atom is 0.251 e. The quantitative estimate of drug-likeness (QED) is 0.936. The number of benzene rings is 2. The number of nitrogens with one attached hydrogen (secondary N) is 1. The van der Waals surface area contributed by atoms with Crippen LogP contribution in [0, 0.1) is 0 Å². The average molecular weight is 308 g/mol. The van der Waals surface area contributed by atoms with E-state index in [0.717, 1.165) is 19.5 Å². The second-order valence-electron chi connectivity index (χ2n) is 7.20. The number of amides is 1. The lowest BCUT2D eigenvalue weighted by atomic mass is 10.1. The highest BCUT2D eigenvalue weighted by molar-refractivity contribution is 5.94. The molecule has 0 aliphatic carbocycles. The smallest absolute Gasteiger partial charge is 0.251 e. The van der Waals surface area contributed by atoms with Crippen LogP contribution in [-0.4, -0.2) is 18.0 Å². The monoisotopic (exact) mass is 308 g/mol. The standard InChI is InChI=1S/C20H24N2O/c1-20(2,3)21-19(23)17-10-8-15(9-11-17)14-22-13-12-16-6-4-5-7-18(16)22/h4-11H,12-14H2,1-3H3,(H,21,23). The topological polar surface area (TPSA) is 32.3 Å². The normalized spacial score (nSPS) is 13.8. The number of anilines is 1. The van der Waals surface area contributed by atoms with E-state index in [1.54, 1.807) is 0 Å². The Labute approximate surface area is 138 Å². The first-order valence-corrected chi connectivity index (χ1v) is 8.17. The molecule has 0 aromatic heterocycles. The van der Waals surface area contributed by atoms with Crippen LogP contribution in [0.1, 0.15) is 42.3 Å². The Morgan fingerprint density at radius 3 is 2.48 bits per heavy atom. The van der Waals surface area contributed by atoms with E-state index in [2.05, 4.69) is 46.6 Å². The van der Waals surface area contributed by atoms with Crippen molar-refractivity contribution in [1.82, 2.24) is 5.32 Å². The highest BCUT2D eigenvalue weighted by Crippen LogP contribution is 2.28. The number of hydrogen-bond acceptors (Lipinski definition) is 2. The third-order valence-corrected chi connectivity index (χ3v) is 4.06. The molecule has 0 saturated heterocycles. The van der Waals surface area contributed by atoms with Crippen LogP contribution in [0.15, 0.2) is 48.5 Å². The zero-order valence-electron chi connectivity index (χ0n) is 14.1. The largest absolute Gasteiger partial charge is 0.367 e. The second-order valence-corrected chi connectivity index (χ2v) is 7.20. The average Bonchev–Trinajstić information content (AvgIpc) is 2.90. The Balaban J connectivity index is 1.68. The van der Waals surface area contributed by atoms with Gasteiger partial charge in [-0.1, -0.05) is 30.3 Å². The molecule has 1 heterocycles. The van der Waals surface area contributed by atoms with Crippen molar-refractivity contribution in [2.75, 3.05) is 11.4 Å². The van der Waals surface area contributed by atoms with Gasteiger partial charge in [-0.05, 0) is 56.5 Å². The predicted octanol–water partition coefficient (Wildman–Crippen LogP) is 3.78. The summed E-state index contributed by atoms with van der Waals surface area (Å²) in [6, 6.07) is 16.5. The SMILES string of the molecule is CC(C)(C)NC(=O)c1ccc(CN2CCc3ccccc32)cc1. The van der Waals surface area contributed by atoms with Crippen molar-refractivity contribution in [2.24, 2.45) is 0 Å². The molecule has 0 bridgehead atoms. The fraction of sp³-hybridized carbons (Fsp3) is 0.350. The van der Waals surface area contributed by atoms with Crippen molar-refractivity contribution in [1.29, 1.82) is 0 Å². The minimum atomic E-state index is -0.213. The second kappa shape index (κ2) is 6.07. The molecule has 1 N–H and O–H groups in total. The zero-order chi connectivity index (χ0) is 16.4. The predicted molar refractivity (Wildman–Crippen MR) is 94.9 cm³/mol. The summed E-state index contributed by atoms with van der Waals surface area (Å²) in [5, 5.41) is 2.99. The molecule has 0 fully saturated rings. The molecule has 0 spiro atoms. The van der Waals surface area contributed by atoms with Gasteiger partial charge in [0.2, 0.25) is 0 Å². The van der Waals surface area contributed by atoms with E-state index in [1.165, 1.54) is 16.8 Å². The van der Waals surface area contributed by atoms with Crippen molar-refractivity contribution in [3.05, 3.63) is 65.2 Å². The fourth-order valence-corrected chi connectivity index (χ4v) is 2.97. The fourth-order valence-electron chi connectivity index (χ4n) is 2.97. The number of nitrogens with zero attached hydrogens (tertiary/aromatic N) is 1. The third kappa shape index (κ3) is 3.73. The summed E-state index contributed by atoms with van der Waals surface area (Å²) in [5.74, 6) is -0.0180. The van der Waals surface area contributed by atoms with E-state index in [4.69, 9.17) is 0 Å². The van der Waals surface area contributed by atoms with Crippen LogP contribution < -0.4 is 10.2 Å². The van der Waals surface area contributed by atoms with Gasteiger partial charge in [0, 0.05) is 29.9 Å². The van der Waals surface area contributed by atoms with Gasteiger partial charge in [-0.15, -0.1) is 0 Å². The molecule has 0 atom stereocenters. The van der Waals surface area contributed by atoms with Crippen molar-refractivity contribution >= 4 is 11.6 Å². The first-order chi connectivity index (χ1) is 10.9. The maximum absolute atomic E-state index is 12.2. The van der Waals surface area contributed by atoms with E-state index < -0.39 is 0 Å². The summed E-state index contributed by atoms with van der Waals surface area (Å²) in [7, 11) is 0. The minimum Gasteiger partial charge on any atom is -0.367 e. The van der Waals surface area contributed by atoms with Gasteiger partial charge < -0.3 is 10.2 Å². The van der Waals surface area contributed by atoms with Crippen LogP contribution in [0.2, 0.25) is 0 Å². The molecule has 1 amide bonds. The van der Waals surface area contributed by atoms with Gasteiger partial charge in [-0.3, -0.25) is 4.79 Å². The van der Waals surface area contributed by atoms with Crippen LogP contribution in [0.5, 0.6) is 0 Å². The number of carbonyl (C=O) groups is 1. The van der Waals surface area contributed by atoms with Gasteiger partial charge in [0.25, 0.3) is 5.91 Å². The van der Waals surface area contributed by atoms with Crippen LogP contribution in [0.25, 0.3) is 0 Å². The summed E-state index contributed by atoms with van der Waals surface area (Å²) in [5.41, 5.74) is 4.49. The van der Waals surface area contributed by atoms with E-state index in [1.807, 2.05) is 32.9 Å². The highest BCUT2D eigenvalue weighted by atomic mass is 16.1. The lowest BCUT2D eigenvalue weighted by Gasteiger charge is -2.21. The molecule has 23 heavy (non-hydrogen) atoms. The van der Waals surface area contributed by atoms with Crippen LogP contribution in [-0.2, 0) is 13.0 Å². The van der Waals surface area contributed by atoms with Gasteiger partial charge >= 0.3 is 0 Å². The summed E-state index contributed by atoms with van der Waals surface area (Å²) < 4.78 is 0. The molecular formula is C20H24N2O.